The minimum absolute atomic E-state index is 0.270. The van der Waals surface area contributed by atoms with E-state index in [4.69, 9.17) is 4.74 Å². The second-order valence-electron chi connectivity index (χ2n) is 11.3. The van der Waals surface area contributed by atoms with Crippen molar-refractivity contribution in [3.05, 3.63) is 29.8 Å². The van der Waals surface area contributed by atoms with Gasteiger partial charge in [0.15, 0.2) is 0 Å². The monoisotopic (exact) mass is 395 g/mol. The first kappa shape index (κ1) is 19.5. The Kier molecular flexibility index (Phi) is 4.53. The molecule has 1 aliphatic heterocycles. The third-order valence-electron chi connectivity index (χ3n) is 9.52. The van der Waals surface area contributed by atoms with Gasteiger partial charge in [-0.1, -0.05) is 38.5 Å². The number of amides is 1. The van der Waals surface area contributed by atoms with Crippen LogP contribution in [0, 0.1) is 41.4 Å². The van der Waals surface area contributed by atoms with Gasteiger partial charge in [-0.2, -0.15) is 0 Å². The minimum Gasteiger partial charge on any atom is -0.490 e. The van der Waals surface area contributed by atoms with Crippen molar-refractivity contribution in [2.24, 2.45) is 34.5 Å². The summed E-state index contributed by atoms with van der Waals surface area (Å²) in [7, 11) is 0. The van der Waals surface area contributed by atoms with Crippen LogP contribution in [-0.4, -0.2) is 18.1 Å². The lowest BCUT2D eigenvalue weighted by Crippen LogP contribution is -2.62. The fourth-order valence-corrected chi connectivity index (χ4v) is 7.94. The van der Waals surface area contributed by atoms with E-state index < -0.39 is 0 Å². The topological polar surface area (TPSA) is 38.3 Å². The van der Waals surface area contributed by atoms with E-state index in [9.17, 15) is 4.79 Å². The van der Waals surface area contributed by atoms with Crippen molar-refractivity contribution in [3.8, 4) is 5.75 Å². The third kappa shape index (κ3) is 3.11. The van der Waals surface area contributed by atoms with Gasteiger partial charge in [0.1, 0.15) is 5.75 Å². The number of benzene rings is 1. The number of nitrogens with one attached hydrogen (secondary N) is 1. The first-order chi connectivity index (χ1) is 13.8. The predicted octanol–water partition coefficient (Wildman–Crippen LogP) is 5.51. The van der Waals surface area contributed by atoms with Gasteiger partial charge in [-0.15, -0.1) is 0 Å². The fraction of sp³-hybridized carbons (Fsp3) is 0.731. The highest BCUT2D eigenvalue weighted by Gasteiger charge is 2.61. The van der Waals surface area contributed by atoms with Gasteiger partial charge >= 0.3 is 0 Å². The number of carbonyl (C=O) groups excluding carboxylic acids is 1. The lowest BCUT2D eigenvalue weighted by atomic mass is 9.45. The molecule has 0 radical (unpaired) electrons. The van der Waals surface area contributed by atoms with Crippen LogP contribution in [0.4, 0.5) is 0 Å². The van der Waals surface area contributed by atoms with Gasteiger partial charge in [0.25, 0.3) is 0 Å². The Morgan fingerprint density at radius 2 is 1.83 bits per heavy atom. The standard InChI is InChI=1S/C26H37NO2/c1-16-5-7-18(8-6-16)29-19-14-21-24-17(2)13-22-26(4,12-10-23(28)27-22)20(24)9-11-25(21,3)15-19/h5-8,17,19-22,24H,9-15H2,1-4H3,(H,27,28)/t17-,19-,20?,21?,22+,24?,25+,26+/m0/s1. The first-order valence-corrected chi connectivity index (χ1v) is 11.8. The molecule has 4 aliphatic rings. The van der Waals surface area contributed by atoms with E-state index in [0.29, 0.717) is 29.9 Å². The molecule has 8 atom stereocenters. The highest BCUT2D eigenvalue weighted by Crippen LogP contribution is 2.65. The third-order valence-corrected chi connectivity index (χ3v) is 9.52. The van der Waals surface area contributed by atoms with E-state index in [0.717, 1.165) is 36.3 Å². The van der Waals surface area contributed by atoms with Gasteiger partial charge in [0.05, 0.1) is 6.10 Å². The van der Waals surface area contributed by atoms with Crippen LogP contribution in [-0.2, 0) is 4.79 Å². The van der Waals surface area contributed by atoms with E-state index in [2.05, 4.69) is 57.3 Å². The average molecular weight is 396 g/mol. The summed E-state index contributed by atoms with van der Waals surface area (Å²) in [6.07, 6.45) is 8.31. The molecular formula is C26H37NO2. The summed E-state index contributed by atoms with van der Waals surface area (Å²) in [5.41, 5.74) is 1.97. The van der Waals surface area contributed by atoms with E-state index >= 15 is 0 Å². The number of hydrogen-bond donors (Lipinski definition) is 1. The smallest absolute Gasteiger partial charge is 0.220 e. The summed E-state index contributed by atoms with van der Waals surface area (Å²) in [5, 5.41) is 3.37. The second kappa shape index (κ2) is 6.75. The molecule has 3 unspecified atom stereocenters. The van der Waals surface area contributed by atoms with Crippen LogP contribution in [0.5, 0.6) is 5.75 Å². The van der Waals surface area contributed by atoms with Crippen molar-refractivity contribution in [2.75, 3.05) is 0 Å². The fourth-order valence-electron chi connectivity index (χ4n) is 7.94. The van der Waals surface area contributed by atoms with Crippen LogP contribution >= 0.6 is 0 Å². The Morgan fingerprint density at radius 3 is 2.59 bits per heavy atom. The molecule has 5 rings (SSSR count). The Hall–Kier alpha value is -1.51. The summed E-state index contributed by atoms with van der Waals surface area (Å²) in [5.74, 6) is 4.25. The van der Waals surface area contributed by atoms with E-state index in [1.54, 1.807) is 0 Å². The molecule has 1 heterocycles. The van der Waals surface area contributed by atoms with E-state index in [-0.39, 0.29) is 11.3 Å². The number of hydrogen-bond acceptors (Lipinski definition) is 2. The Morgan fingerprint density at radius 1 is 1.07 bits per heavy atom. The lowest BCUT2D eigenvalue weighted by Gasteiger charge is -2.61. The molecule has 1 aromatic carbocycles. The molecule has 0 bridgehead atoms. The van der Waals surface area contributed by atoms with Crippen molar-refractivity contribution in [1.82, 2.24) is 5.32 Å². The molecule has 3 aliphatic carbocycles. The van der Waals surface area contributed by atoms with Crippen LogP contribution in [0.3, 0.4) is 0 Å². The van der Waals surface area contributed by atoms with Gasteiger partial charge in [0.2, 0.25) is 5.91 Å². The maximum atomic E-state index is 12.1. The van der Waals surface area contributed by atoms with Crippen molar-refractivity contribution >= 4 is 5.91 Å². The summed E-state index contributed by atoms with van der Waals surface area (Å²) < 4.78 is 6.49. The van der Waals surface area contributed by atoms with E-state index in [1.807, 2.05) is 0 Å². The highest BCUT2D eigenvalue weighted by atomic mass is 16.5. The number of ether oxygens (including phenoxy) is 1. The maximum Gasteiger partial charge on any atom is 0.220 e. The SMILES string of the molecule is Cc1ccc(O[C@H]2CC3C4C(CC[C@]3(C)C2)[C@@]2(C)CCC(=O)N[C@@H]2C[C@@H]4C)cc1. The number of carbonyl (C=O) groups is 1. The molecule has 1 aromatic rings. The van der Waals surface area contributed by atoms with Crippen LogP contribution in [0.25, 0.3) is 0 Å². The molecule has 29 heavy (non-hydrogen) atoms. The lowest BCUT2D eigenvalue weighted by molar-refractivity contribution is -0.141. The zero-order valence-corrected chi connectivity index (χ0v) is 18.5. The van der Waals surface area contributed by atoms with E-state index in [1.165, 1.54) is 31.2 Å². The molecule has 0 spiro atoms. The summed E-state index contributed by atoms with van der Waals surface area (Å²) in [6.45, 7) is 9.60. The molecule has 0 aromatic heterocycles. The molecule has 1 saturated heterocycles. The molecule has 158 valence electrons. The van der Waals surface area contributed by atoms with Crippen molar-refractivity contribution in [1.29, 1.82) is 0 Å². The first-order valence-electron chi connectivity index (χ1n) is 11.8. The summed E-state index contributed by atoms with van der Waals surface area (Å²) >= 11 is 0. The molecule has 1 N–H and O–H groups in total. The highest BCUT2D eigenvalue weighted by molar-refractivity contribution is 5.77. The Balaban J connectivity index is 1.38. The molecule has 4 fully saturated rings. The zero-order valence-electron chi connectivity index (χ0n) is 18.5. The quantitative estimate of drug-likeness (QED) is 0.717. The van der Waals surface area contributed by atoms with Gasteiger partial charge in [-0.25, -0.2) is 0 Å². The Bertz CT molecular complexity index is 788. The Labute approximate surface area is 176 Å². The molecular weight excluding hydrogens is 358 g/mol. The van der Waals surface area contributed by atoms with Gasteiger partial charge in [-0.05, 0) is 92.1 Å². The largest absolute Gasteiger partial charge is 0.490 e. The normalized spacial score (nSPS) is 46.3. The number of rotatable bonds is 2. The molecule has 3 saturated carbocycles. The second-order valence-corrected chi connectivity index (χ2v) is 11.3. The number of piperidine rings is 1. The molecule has 3 nitrogen and oxygen atoms in total. The molecule has 1 amide bonds. The van der Waals surface area contributed by atoms with Crippen LogP contribution in [0.15, 0.2) is 24.3 Å². The zero-order chi connectivity index (χ0) is 20.4. The van der Waals surface area contributed by atoms with Crippen molar-refractivity contribution in [3.63, 3.8) is 0 Å². The van der Waals surface area contributed by atoms with Gasteiger partial charge < -0.3 is 10.1 Å². The van der Waals surface area contributed by atoms with Crippen molar-refractivity contribution < 1.29 is 9.53 Å². The number of aryl methyl sites for hydroxylation is 1. The van der Waals surface area contributed by atoms with Gasteiger partial charge in [0, 0.05) is 12.5 Å². The van der Waals surface area contributed by atoms with Crippen LogP contribution < -0.4 is 10.1 Å². The van der Waals surface area contributed by atoms with Crippen molar-refractivity contribution in [2.45, 2.75) is 84.8 Å². The van der Waals surface area contributed by atoms with Gasteiger partial charge in [-0.3, -0.25) is 4.79 Å². The van der Waals surface area contributed by atoms with Crippen LogP contribution in [0.2, 0.25) is 0 Å². The predicted molar refractivity (Wildman–Crippen MR) is 116 cm³/mol. The summed E-state index contributed by atoms with van der Waals surface area (Å²) in [6, 6.07) is 8.93. The number of fused-ring (bicyclic) bond motifs is 5. The molecule has 3 heteroatoms. The van der Waals surface area contributed by atoms with Crippen LogP contribution in [0.1, 0.15) is 71.3 Å². The summed E-state index contributed by atoms with van der Waals surface area (Å²) in [4.78, 5) is 12.1. The maximum absolute atomic E-state index is 12.1. The average Bonchev–Trinajstić information content (AvgIpc) is 3.01. The minimum atomic E-state index is 0.270.